The van der Waals surface area contributed by atoms with Gasteiger partial charge in [0.2, 0.25) is 0 Å². The molecule has 1 aliphatic rings. The van der Waals surface area contributed by atoms with E-state index in [0.717, 1.165) is 18.5 Å². The number of nitrogens with two attached hydrogens (primary N) is 1. The number of nitrogens with zero attached hydrogens (tertiary/aromatic N) is 1. The van der Waals surface area contributed by atoms with Gasteiger partial charge in [0.05, 0.1) is 19.2 Å². The number of ether oxygens (including phenoxy) is 2. The third-order valence-corrected chi connectivity index (χ3v) is 6.31. The molecular weight excluding hydrogens is 404 g/mol. The van der Waals surface area contributed by atoms with E-state index in [1.54, 1.807) is 19.2 Å². The zero-order valence-corrected chi connectivity index (χ0v) is 18.0. The first-order chi connectivity index (χ1) is 14.5. The SMILES string of the molecule is COc1cc(OC)c2c(=O)cc(-c3ccccc3Cl)oc2c1[C@@H]1CCN(C)[C@H]1CN. The molecule has 6 nitrogen and oxygen atoms in total. The Bertz CT molecular complexity index is 1140. The van der Waals surface area contributed by atoms with Crippen molar-refractivity contribution in [1.82, 2.24) is 4.90 Å². The van der Waals surface area contributed by atoms with Crippen molar-refractivity contribution in [3.63, 3.8) is 0 Å². The molecule has 30 heavy (non-hydrogen) atoms. The number of likely N-dealkylation sites (tertiary alicyclic amines) is 1. The van der Waals surface area contributed by atoms with E-state index in [4.69, 9.17) is 31.2 Å². The highest BCUT2D eigenvalue weighted by Gasteiger charge is 2.36. The van der Waals surface area contributed by atoms with Gasteiger partial charge in [-0.1, -0.05) is 23.7 Å². The molecule has 0 radical (unpaired) electrons. The zero-order valence-electron chi connectivity index (χ0n) is 17.3. The van der Waals surface area contributed by atoms with Crippen LogP contribution in [0.25, 0.3) is 22.3 Å². The Kier molecular flexibility index (Phi) is 5.73. The third kappa shape index (κ3) is 3.35. The Hall–Kier alpha value is -2.54. The van der Waals surface area contributed by atoms with Gasteiger partial charge in [-0.3, -0.25) is 4.79 Å². The molecule has 3 aromatic rings. The topological polar surface area (TPSA) is 77.9 Å². The summed E-state index contributed by atoms with van der Waals surface area (Å²) in [5.74, 6) is 1.51. The summed E-state index contributed by atoms with van der Waals surface area (Å²) in [4.78, 5) is 15.4. The number of fused-ring (bicyclic) bond motifs is 1. The lowest BCUT2D eigenvalue weighted by molar-refractivity contribution is 0.300. The second kappa shape index (κ2) is 8.30. The molecule has 2 heterocycles. The number of hydrogen-bond donors (Lipinski definition) is 1. The van der Waals surface area contributed by atoms with Gasteiger partial charge in [-0.05, 0) is 32.1 Å². The fraction of sp³-hybridized carbons (Fsp3) is 0.348. The number of hydrogen-bond acceptors (Lipinski definition) is 6. The highest BCUT2D eigenvalue weighted by molar-refractivity contribution is 6.33. The molecule has 1 fully saturated rings. The first-order valence-electron chi connectivity index (χ1n) is 9.88. The maximum atomic E-state index is 13.2. The highest BCUT2D eigenvalue weighted by Crippen LogP contribution is 2.45. The summed E-state index contributed by atoms with van der Waals surface area (Å²) < 4.78 is 17.6. The molecule has 2 atom stereocenters. The average molecular weight is 429 g/mol. The molecule has 0 bridgehead atoms. The summed E-state index contributed by atoms with van der Waals surface area (Å²) in [6, 6.07) is 10.6. The van der Waals surface area contributed by atoms with Gasteiger partial charge < -0.3 is 24.5 Å². The molecule has 158 valence electrons. The summed E-state index contributed by atoms with van der Waals surface area (Å²) in [6.07, 6.45) is 0.885. The third-order valence-electron chi connectivity index (χ3n) is 5.98. The van der Waals surface area contributed by atoms with E-state index in [-0.39, 0.29) is 17.4 Å². The van der Waals surface area contributed by atoms with Crippen molar-refractivity contribution in [2.75, 3.05) is 34.4 Å². The van der Waals surface area contributed by atoms with E-state index in [1.807, 2.05) is 18.2 Å². The van der Waals surface area contributed by atoms with Crippen molar-refractivity contribution in [1.29, 1.82) is 0 Å². The van der Waals surface area contributed by atoms with Gasteiger partial charge in [0.25, 0.3) is 0 Å². The van der Waals surface area contributed by atoms with Gasteiger partial charge >= 0.3 is 0 Å². The number of methoxy groups -OCH3 is 2. The van der Waals surface area contributed by atoms with E-state index < -0.39 is 0 Å². The summed E-state index contributed by atoms with van der Waals surface area (Å²) in [6.45, 7) is 1.39. The van der Waals surface area contributed by atoms with E-state index in [1.165, 1.54) is 13.2 Å². The summed E-state index contributed by atoms with van der Waals surface area (Å²) >= 11 is 6.38. The van der Waals surface area contributed by atoms with Crippen LogP contribution in [0.5, 0.6) is 11.5 Å². The largest absolute Gasteiger partial charge is 0.496 e. The van der Waals surface area contributed by atoms with Crippen molar-refractivity contribution in [3.8, 4) is 22.8 Å². The van der Waals surface area contributed by atoms with Crippen molar-refractivity contribution in [3.05, 3.63) is 57.2 Å². The molecule has 1 saturated heterocycles. The molecule has 0 unspecified atom stereocenters. The van der Waals surface area contributed by atoms with Crippen molar-refractivity contribution < 1.29 is 13.9 Å². The van der Waals surface area contributed by atoms with Crippen molar-refractivity contribution >= 4 is 22.6 Å². The summed E-state index contributed by atoms with van der Waals surface area (Å²) in [5.41, 5.74) is 7.87. The molecule has 2 aromatic carbocycles. The van der Waals surface area contributed by atoms with Crippen LogP contribution >= 0.6 is 11.6 Å². The minimum atomic E-state index is -0.192. The fourth-order valence-corrected chi connectivity index (χ4v) is 4.69. The van der Waals surface area contributed by atoms with Gasteiger partial charge in [0.1, 0.15) is 28.2 Å². The predicted molar refractivity (Wildman–Crippen MR) is 119 cm³/mol. The van der Waals surface area contributed by atoms with Crippen molar-refractivity contribution in [2.45, 2.75) is 18.4 Å². The molecule has 0 saturated carbocycles. The quantitative estimate of drug-likeness (QED) is 0.664. The predicted octanol–water partition coefficient (Wildman–Crippen LogP) is 3.88. The maximum absolute atomic E-state index is 13.2. The monoisotopic (exact) mass is 428 g/mol. The van der Waals surface area contributed by atoms with E-state index in [0.29, 0.717) is 45.4 Å². The minimum Gasteiger partial charge on any atom is -0.496 e. The number of rotatable bonds is 5. The fourth-order valence-electron chi connectivity index (χ4n) is 4.46. The van der Waals surface area contributed by atoms with Crippen LogP contribution in [0.15, 0.2) is 45.6 Å². The molecule has 4 rings (SSSR count). The van der Waals surface area contributed by atoms with Crippen LogP contribution in [0.3, 0.4) is 0 Å². The second-order valence-electron chi connectivity index (χ2n) is 7.53. The first-order valence-corrected chi connectivity index (χ1v) is 10.3. The van der Waals surface area contributed by atoms with Gasteiger partial charge in [0.15, 0.2) is 5.43 Å². The van der Waals surface area contributed by atoms with Crippen LogP contribution in [0.4, 0.5) is 0 Å². The number of likely N-dealkylation sites (N-methyl/N-ethyl adjacent to an activating group) is 1. The molecule has 0 aliphatic carbocycles. The molecule has 0 amide bonds. The summed E-state index contributed by atoms with van der Waals surface area (Å²) in [7, 11) is 5.19. The smallest absolute Gasteiger partial charge is 0.197 e. The van der Waals surface area contributed by atoms with Gasteiger partial charge in [-0.2, -0.15) is 0 Å². The lowest BCUT2D eigenvalue weighted by Crippen LogP contribution is -2.35. The Labute approximate surface area is 180 Å². The van der Waals surface area contributed by atoms with Crippen molar-refractivity contribution in [2.24, 2.45) is 5.73 Å². The molecule has 1 aliphatic heterocycles. The van der Waals surface area contributed by atoms with Crippen LogP contribution in [0, 0.1) is 0 Å². The summed E-state index contributed by atoms with van der Waals surface area (Å²) in [5, 5.41) is 0.909. The standard InChI is InChI=1S/C23H25ClN2O4/c1-26-9-8-14(16(26)12-25)21-19(28-2)11-20(29-3)22-17(27)10-18(30-23(21)22)13-6-4-5-7-15(13)24/h4-7,10-11,14,16H,8-9,12,25H2,1-3H3/t14-,16+/m1/s1. The molecule has 1 aromatic heterocycles. The Morgan fingerprint density at radius 3 is 2.60 bits per heavy atom. The molecule has 7 heteroatoms. The van der Waals surface area contributed by atoms with Crippen LogP contribution in [-0.2, 0) is 0 Å². The van der Waals surface area contributed by atoms with Crippen LogP contribution in [0.1, 0.15) is 17.9 Å². The number of benzene rings is 2. The minimum absolute atomic E-state index is 0.0630. The lowest BCUT2D eigenvalue weighted by atomic mass is 9.89. The zero-order chi connectivity index (χ0) is 21.4. The maximum Gasteiger partial charge on any atom is 0.197 e. The first kappa shape index (κ1) is 20.7. The molecule has 2 N–H and O–H groups in total. The van der Waals surface area contributed by atoms with E-state index >= 15 is 0 Å². The van der Waals surface area contributed by atoms with Crippen LogP contribution in [0.2, 0.25) is 5.02 Å². The van der Waals surface area contributed by atoms with E-state index in [2.05, 4.69) is 11.9 Å². The van der Waals surface area contributed by atoms with Gasteiger partial charge in [-0.15, -0.1) is 0 Å². The molecule has 0 spiro atoms. The van der Waals surface area contributed by atoms with Gasteiger partial charge in [0, 0.05) is 41.8 Å². The Morgan fingerprint density at radius 1 is 1.20 bits per heavy atom. The number of halogens is 1. The van der Waals surface area contributed by atoms with Gasteiger partial charge in [-0.25, -0.2) is 0 Å². The normalized spacial score (nSPS) is 19.4. The second-order valence-corrected chi connectivity index (χ2v) is 7.94. The van der Waals surface area contributed by atoms with Crippen LogP contribution < -0.4 is 20.6 Å². The molecular formula is C23H25ClN2O4. The Balaban J connectivity index is 2.07. The Morgan fingerprint density at radius 2 is 1.93 bits per heavy atom. The highest BCUT2D eigenvalue weighted by atomic mass is 35.5. The average Bonchev–Trinajstić information content (AvgIpc) is 3.12. The van der Waals surface area contributed by atoms with E-state index in [9.17, 15) is 4.79 Å². The van der Waals surface area contributed by atoms with Crippen LogP contribution in [-0.4, -0.2) is 45.3 Å². The lowest BCUT2D eigenvalue weighted by Gasteiger charge is -2.26.